The molecule has 0 fully saturated rings. The number of nitriles is 1. The standard InChI is InChI=1S/C13H12BrN3S/c1-8-6-9(10-4-5-11(14)18-10)17-12(16-8)13(2,3)7-15/h4-6H,1-3H3. The zero-order valence-corrected chi connectivity index (χ0v) is 12.8. The van der Waals surface area contributed by atoms with Crippen LogP contribution in [0.25, 0.3) is 10.6 Å². The van der Waals surface area contributed by atoms with E-state index < -0.39 is 5.41 Å². The SMILES string of the molecule is Cc1cc(-c2ccc(Br)s2)nc(C(C)(C)C#N)n1. The molecule has 0 saturated carbocycles. The average molecular weight is 322 g/mol. The Morgan fingerprint density at radius 2 is 2.06 bits per heavy atom. The lowest BCUT2D eigenvalue weighted by Gasteiger charge is -2.14. The van der Waals surface area contributed by atoms with Crippen LogP contribution in [0.4, 0.5) is 0 Å². The summed E-state index contributed by atoms with van der Waals surface area (Å²) in [5.41, 5.74) is 1.08. The van der Waals surface area contributed by atoms with Crippen molar-refractivity contribution >= 4 is 27.3 Å². The quantitative estimate of drug-likeness (QED) is 0.837. The molecule has 0 radical (unpaired) electrons. The van der Waals surface area contributed by atoms with Gasteiger partial charge in [-0.25, -0.2) is 9.97 Å². The Morgan fingerprint density at radius 3 is 2.61 bits per heavy atom. The van der Waals surface area contributed by atoms with Crippen molar-refractivity contribution in [2.24, 2.45) is 0 Å². The molecule has 0 saturated heterocycles. The molecule has 0 unspecified atom stereocenters. The number of rotatable bonds is 2. The van der Waals surface area contributed by atoms with Gasteiger partial charge in [0.05, 0.1) is 20.4 Å². The van der Waals surface area contributed by atoms with Gasteiger partial charge < -0.3 is 0 Å². The van der Waals surface area contributed by atoms with Crippen molar-refractivity contribution in [3.8, 4) is 16.6 Å². The first-order valence-electron chi connectivity index (χ1n) is 5.45. The van der Waals surface area contributed by atoms with E-state index in [1.54, 1.807) is 11.3 Å². The van der Waals surface area contributed by atoms with E-state index in [9.17, 15) is 0 Å². The lowest BCUT2D eigenvalue weighted by molar-refractivity contribution is 0.626. The van der Waals surface area contributed by atoms with Gasteiger partial charge in [-0.05, 0) is 54.9 Å². The number of thiophene rings is 1. The molecule has 0 aliphatic rings. The van der Waals surface area contributed by atoms with Crippen LogP contribution in [0.15, 0.2) is 22.0 Å². The van der Waals surface area contributed by atoms with Gasteiger partial charge in [0.1, 0.15) is 11.2 Å². The van der Waals surface area contributed by atoms with Crippen LogP contribution in [-0.4, -0.2) is 9.97 Å². The molecule has 0 spiro atoms. The summed E-state index contributed by atoms with van der Waals surface area (Å²) in [6, 6.07) is 8.18. The summed E-state index contributed by atoms with van der Waals surface area (Å²) in [6.45, 7) is 5.58. The molecule has 0 amide bonds. The molecular formula is C13H12BrN3S. The minimum Gasteiger partial charge on any atom is -0.236 e. The normalized spacial score (nSPS) is 11.3. The molecule has 0 aliphatic heterocycles. The predicted molar refractivity (Wildman–Crippen MR) is 76.4 cm³/mol. The molecule has 2 aromatic heterocycles. The van der Waals surface area contributed by atoms with E-state index in [-0.39, 0.29) is 0 Å². The zero-order chi connectivity index (χ0) is 13.3. The van der Waals surface area contributed by atoms with Gasteiger partial charge in [-0.1, -0.05) is 0 Å². The third-order valence-electron chi connectivity index (χ3n) is 2.52. The summed E-state index contributed by atoms with van der Waals surface area (Å²) in [4.78, 5) is 9.96. The van der Waals surface area contributed by atoms with Gasteiger partial charge in [-0.2, -0.15) is 5.26 Å². The molecule has 2 heterocycles. The molecule has 2 rings (SSSR count). The lowest BCUT2D eigenvalue weighted by Crippen LogP contribution is -2.19. The molecule has 5 heteroatoms. The third kappa shape index (κ3) is 2.60. The first-order chi connectivity index (χ1) is 8.42. The van der Waals surface area contributed by atoms with Crippen LogP contribution >= 0.6 is 27.3 Å². The maximum atomic E-state index is 9.17. The topological polar surface area (TPSA) is 49.6 Å². The Balaban J connectivity index is 2.55. The van der Waals surface area contributed by atoms with E-state index in [0.29, 0.717) is 5.82 Å². The molecular weight excluding hydrogens is 310 g/mol. The van der Waals surface area contributed by atoms with E-state index in [1.807, 2.05) is 39.0 Å². The Bertz CT molecular complexity index is 625. The first-order valence-corrected chi connectivity index (χ1v) is 7.06. The maximum Gasteiger partial charge on any atom is 0.148 e. The monoisotopic (exact) mass is 321 g/mol. The van der Waals surface area contributed by atoms with Gasteiger partial charge in [-0.3, -0.25) is 0 Å². The second-order valence-corrected chi connectivity index (χ2v) is 7.02. The van der Waals surface area contributed by atoms with Crippen molar-refractivity contribution in [3.05, 3.63) is 33.5 Å². The number of nitrogens with zero attached hydrogens (tertiary/aromatic N) is 3. The number of hydrogen-bond donors (Lipinski definition) is 0. The number of halogens is 1. The molecule has 2 aromatic rings. The molecule has 3 nitrogen and oxygen atoms in total. The molecule has 0 aliphatic carbocycles. The Hall–Kier alpha value is -1.25. The van der Waals surface area contributed by atoms with E-state index in [1.165, 1.54) is 0 Å². The van der Waals surface area contributed by atoms with Crippen molar-refractivity contribution in [1.29, 1.82) is 5.26 Å². The highest BCUT2D eigenvalue weighted by atomic mass is 79.9. The summed E-state index contributed by atoms with van der Waals surface area (Å²) in [5, 5.41) is 9.17. The molecule has 0 aromatic carbocycles. The Kier molecular flexibility index (Phi) is 3.51. The fourth-order valence-corrected chi connectivity index (χ4v) is 2.82. The van der Waals surface area contributed by atoms with Gasteiger partial charge >= 0.3 is 0 Å². The van der Waals surface area contributed by atoms with Crippen LogP contribution < -0.4 is 0 Å². The van der Waals surface area contributed by atoms with E-state index in [0.717, 1.165) is 20.1 Å². The minimum absolute atomic E-state index is 0.574. The van der Waals surface area contributed by atoms with Crippen LogP contribution in [0.2, 0.25) is 0 Å². The summed E-state index contributed by atoms with van der Waals surface area (Å²) in [5.74, 6) is 0.574. The smallest absolute Gasteiger partial charge is 0.148 e. The third-order valence-corrected chi connectivity index (χ3v) is 4.16. The molecule has 0 N–H and O–H groups in total. The summed E-state index contributed by atoms with van der Waals surface area (Å²) >= 11 is 5.06. The highest BCUT2D eigenvalue weighted by Crippen LogP contribution is 2.31. The summed E-state index contributed by atoms with van der Waals surface area (Å²) < 4.78 is 1.06. The zero-order valence-electron chi connectivity index (χ0n) is 10.4. The predicted octanol–water partition coefficient (Wildman–Crippen LogP) is 4.08. The largest absolute Gasteiger partial charge is 0.236 e. The van der Waals surface area contributed by atoms with Crippen molar-refractivity contribution in [3.63, 3.8) is 0 Å². The van der Waals surface area contributed by atoms with Gasteiger partial charge in [0, 0.05) is 5.69 Å². The van der Waals surface area contributed by atoms with Crippen molar-refractivity contribution in [2.45, 2.75) is 26.2 Å². The van der Waals surface area contributed by atoms with Crippen LogP contribution in [0.5, 0.6) is 0 Å². The van der Waals surface area contributed by atoms with Gasteiger partial charge in [-0.15, -0.1) is 11.3 Å². The molecule has 18 heavy (non-hydrogen) atoms. The number of aromatic nitrogens is 2. The fourth-order valence-electron chi connectivity index (χ4n) is 1.48. The van der Waals surface area contributed by atoms with E-state index >= 15 is 0 Å². The second-order valence-electron chi connectivity index (χ2n) is 4.56. The first kappa shape index (κ1) is 13.2. The second kappa shape index (κ2) is 4.79. The molecule has 92 valence electrons. The summed E-state index contributed by atoms with van der Waals surface area (Å²) in [6.07, 6.45) is 0. The van der Waals surface area contributed by atoms with Crippen molar-refractivity contribution in [2.75, 3.05) is 0 Å². The van der Waals surface area contributed by atoms with Crippen molar-refractivity contribution < 1.29 is 0 Å². The van der Waals surface area contributed by atoms with Crippen molar-refractivity contribution in [1.82, 2.24) is 9.97 Å². The van der Waals surface area contributed by atoms with Gasteiger partial charge in [0.2, 0.25) is 0 Å². The lowest BCUT2D eigenvalue weighted by atomic mass is 9.94. The highest BCUT2D eigenvalue weighted by Gasteiger charge is 2.24. The average Bonchev–Trinajstić information content (AvgIpc) is 2.75. The Morgan fingerprint density at radius 1 is 1.33 bits per heavy atom. The van der Waals surface area contributed by atoms with Gasteiger partial charge in [0.15, 0.2) is 0 Å². The van der Waals surface area contributed by atoms with Crippen LogP contribution in [0.1, 0.15) is 25.4 Å². The van der Waals surface area contributed by atoms with Crippen LogP contribution in [0, 0.1) is 18.3 Å². The minimum atomic E-state index is -0.671. The number of aryl methyl sites for hydroxylation is 1. The van der Waals surface area contributed by atoms with Gasteiger partial charge in [0.25, 0.3) is 0 Å². The van der Waals surface area contributed by atoms with E-state index in [4.69, 9.17) is 5.26 Å². The van der Waals surface area contributed by atoms with E-state index in [2.05, 4.69) is 32.0 Å². The highest BCUT2D eigenvalue weighted by molar-refractivity contribution is 9.11. The number of hydrogen-bond acceptors (Lipinski definition) is 4. The maximum absolute atomic E-state index is 9.17. The fraction of sp³-hybridized carbons (Fsp3) is 0.308. The molecule has 0 bridgehead atoms. The van der Waals surface area contributed by atoms with Crippen LogP contribution in [-0.2, 0) is 5.41 Å². The Labute approximate surface area is 119 Å². The summed E-state index contributed by atoms with van der Waals surface area (Å²) in [7, 11) is 0. The molecule has 0 atom stereocenters. The van der Waals surface area contributed by atoms with Crippen LogP contribution in [0.3, 0.4) is 0 Å².